The highest BCUT2D eigenvalue weighted by Gasteiger charge is 2.23. The number of rotatable bonds is 3. The molecule has 3 rings (SSSR count). The zero-order valence-electron chi connectivity index (χ0n) is 9.87. The van der Waals surface area contributed by atoms with Gasteiger partial charge in [0.2, 0.25) is 0 Å². The van der Waals surface area contributed by atoms with Gasteiger partial charge in [-0.25, -0.2) is 4.79 Å². The molecule has 0 aliphatic heterocycles. The first-order chi connectivity index (χ1) is 8.75. The molecule has 1 aliphatic carbocycles. The number of aromatic carboxylic acids is 1. The third kappa shape index (κ3) is 1.95. The Morgan fingerprint density at radius 3 is 2.83 bits per heavy atom. The fourth-order valence-corrected chi connectivity index (χ4v) is 3.16. The summed E-state index contributed by atoms with van der Waals surface area (Å²) in [5.74, 6) is -0.902. The summed E-state index contributed by atoms with van der Waals surface area (Å²) in [5.41, 5.74) is 1.80. The molecule has 1 N–H and O–H groups in total. The molecule has 2 aromatic heterocycles. The van der Waals surface area contributed by atoms with Crippen molar-refractivity contribution < 1.29 is 9.90 Å². The molecule has 1 saturated carbocycles. The van der Waals surface area contributed by atoms with Crippen LogP contribution in [0.2, 0.25) is 0 Å². The van der Waals surface area contributed by atoms with E-state index in [4.69, 9.17) is 0 Å². The van der Waals surface area contributed by atoms with E-state index in [0.717, 1.165) is 18.4 Å². The van der Waals surface area contributed by atoms with Crippen LogP contribution in [0.25, 0.3) is 11.3 Å². The number of aromatic nitrogens is 2. The molecule has 0 atom stereocenters. The van der Waals surface area contributed by atoms with E-state index in [1.807, 2.05) is 21.5 Å². The van der Waals surface area contributed by atoms with Gasteiger partial charge < -0.3 is 5.11 Å². The highest BCUT2D eigenvalue weighted by atomic mass is 32.1. The molecule has 0 amide bonds. The quantitative estimate of drug-likeness (QED) is 0.922. The van der Waals surface area contributed by atoms with Gasteiger partial charge in [-0.05, 0) is 24.3 Å². The van der Waals surface area contributed by atoms with E-state index in [2.05, 4.69) is 5.10 Å². The molecule has 0 bridgehead atoms. The van der Waals surface area contributed by atoms with Crippen LogP contribution in [-0.4, -0.2) is 20.9 Å². The van der Waals surface area contributed by atoms with Crippen LogP contribution in [0.5, 0.6) is 0 Å². The average Bonchev–Trinajstić information content (AvgIpc) is 3.10. The highest BCUT2D eigenvalue weighted by Crippen LogP contribution is 2.32. The maximum Gasteiger partial charge on any atom is 0.339 e. The standard InChI is InChI=1S/C13H14N2O2S/c16-13(17)11-7-15(10-3-1-2-4-10)14-12(11)9-5-6-18-8-9/h5-8,10H,1-4H2,(H,16,17). The van der Waals surface area contributed by atoms with E-state index in [-0.39, 0.29) is 0 Å². The SMILES string of the molecule is O=C(O)c1cn(C2CCCC2)nc1-c1ccsc1. The second-order valence-corrected chi connectivity index (χ2v) is 5.41. The minimum Gasteiger partial charge on any atom is -0.478 e. The number of thiophene rings is 1. The predicted octanol–water partition coefficient (Wildman–Crippen LogP) is 3.42. The van der Waals surface area contributed by atoms with Crippen molar-refractivity contribution in [2.24, 2.45) is 0 Å². The number of nitrogens with zero attached hydrogens (tertiary/aromatic N) is 2. The van der Waals surface area contributed by atoms with Crippen molar-refractivity contribution in [2.75, 3.05) is 0 Å². The Hall–Kier alpha value is -1.62. The monoisotopic (exact) mass is 262 g/mol. The normalized spacial score (nSPS) is 16.2. The minimum absolute atomic E-state index is 0.306. The summed E-state index contributed by atoms with van der Waals surface area (Å²) in [6.45, 7) is 0. The van der Waals surface area contributed by atoms with Crippen molar-refractivity contribution in [2.45, 2.75) is 31.7 Å². The minimum atomic E-state index is -0.902. The molecule has 18 heavy (non-hydrogen) atoms. The molecule has 0 unspecified atom stereocenters. The molecule has 2 aromatic rings. The predicted molar refractivity (Wildman–Crippen MR) is 70.0 cm³/mol. The Kier molecular flexibility index (Phi) is 2.91. The maximum atomic E-state index is 11.3. The van der Waals surface area contributed by atoms with E-state index in [9.17, 15) is 9.90 Å². The Bertz CT molecular complexity index is 554. The van der Waals surface area contributed by atoms with Crippen molar-refractivity contribution in [3.8, 4) is 11.3 Å². The van der Waals surface area contributed by atoms with Crippen molar-refractivity contribution >= 4 is 17.3 Å². The van der Waals surface area contributed by atoms with Gasteiger partial charge in [-0.15, -0.1) is 0 Å². The van der Waals surface area contributed by atoms with E-state index >= 15 is 0 Å². The molecule has 1 fully saturated rings. The van der Waals surface area contributed by atoms with E-state index in [1.54, 1.807) is 17.5 Å². The van der Waals surface area contributed by atoms with Crippen LogP contribution in [-0.2, 0) is 0 Å². The first-order valence-corrected chi connectivity index (χ1v) is 7.05. The number of hydrogen-bond acceptors (Lipinski definition) is 3. The van der Waals surface area contributed by atoms with Crippen LogP contribution in [0.15, 0.2) is 23.0 Å². The van der Waals surface area contributed by atoms with Crippen molar-refractivity contribution in [1.29, 1.82) is 0 Å². The molecule has 5 heteroatoms. The zero-order valence-corrected chi connectivity index (χ0v) is 10.7. The van der Waals surface area contributed by atoms with Crippen molar-refractivity contribution in [3.05, 3.63) is 28.6 Å². The van der Waals surface area contributed by atoms with E-state index < -0.39 is 5.97 Å². The van der Waals surface area contributed by atoms with Gasteiger partial charge in [-0.3, -0.25) is 4.68 Å². The Balaban J connectivity index is 2.04. The Morgan fingerprint density at radius 1 is 1.44 bits per heavy atom. The molecule has 94 valence electrons. The van der Waals surface area contributed by atoms with Gasteiger partial charge in [0.15, 0.2) is 0 Å². The largest absolute Gasteiger partial charge is 0.478 e. The summed E-state index contributed by atoms with van der Waals surface area (Å²) in [6.07, 6.45) is 6.31. The topological polar surface area (TPSA) is 55.1 Å². The smallest absolute Gasteiger partial charge is 0.339 e. The van der Waals surface area contributed by atoms with Gasteiger partial charge in [0.05, 0.1) is 6.04 Å². The average molecular weight is 262 g/mol. The molecule has 4 nitrogen and oxygen atoms in total. The van der Waals surface area contributed by atoms with Crippen LogP contribution < -0.4 is 0 Å². The van der Waals surface area contributed by atoms with Crippen molar-refractivity contribution in [1.82, 2.24) is 9.78 Å². The second kappa shape index (κ2) is 4.57. The first kappa shape index (κ1) is 11.5. The van der Waals surface area contributed by atoms with E-state index in [0.29, 0.717) is 17.3 Å². The number of carboxylic acids is 1. The van der Waals surface area contributed by atoms with Gasteiger partial charge in [0, 0.05) is 17.1 Å². The van der Waals surface area contributed by atoms with Gasteiger partial charge in [-0.1, -0.05) is 12.8 Å². The third-order valence-electron chi connectivity index (χ3n) is 3.46. The summed E-state index contributed by atoms with van der Waals surface area (Å²) < 4.78 is 1.85. The maximum absolute atomic E-state index is 11.3. The Morgan fingerprint density at radius 2 is 2.22 bits per heavy atom. The van der Waals surface area contributed by atoms with Gasteiger partial charge in [0.1, 0.15) is 11.3 Å². The number of carbonyl (C=O) groups is 1. The molecule has 0 saturated heterocycles. The number of hydrogen-bond donors (Lipinski definition) is 1. The zero-order chi connectivity index (χ0) is 12.5. The molecule has 2 heterocycles. The molecular weight excluding hydrogens is 248 g/mol. The summed E-state index contributed by atoms with van der Waals surface area (Å²) in [6, 6.07) is 2.29. The molecule has 0 radical (unpaired) electrons. The van der Waals surface area contributed by atoms with Crippen LogP contribution in [0, 0.1) is 0 Å². The van der Waals surface area contributed by atoms with Gasteiger partial charge >= 0.3 is 5.97 Å². The fourth-order valence-electron chi connectivity index (χ4n) is 2.52. The van der Waals surface area contributed by atoms with E-state index in [1.165, 1.54) is 12.8 Å². The highest BCUT2D eigenvalue weighted by molar-refractivity contribution is 7.08. The number of carboxylic acid groups (broad SMARTS) is 1. The summed E-state index contributed by atoms with van der Waals surface area (Å²) >= 11 is 1.55. The molecule has 1 aliphatic rings. The van der Waals surface area contributed by atoms with Crippen LogP contribution in [0.4, 0.5) is 0 Å². The lowest BCUT2D eigenvalue weighted by atomic mass is 10.1. The molecular formula is C13H14N2O2S. The lowest BCUT2D eigenvalue weighted by Gasteiger charge is -2.08. The summed E-state index contributed by atoms with van der Waals surface area (Å²) in [5, 5.41) is 17.6. The summed E-state index contributed by atoms with van der Waals surface area (Å²) in [7, 11) is 0. The van der Waals surface area contributed by atoms with Gasteiger partial charge in [0.25, 0.3) is 0 Å². The third-order valence-corrected chi connectivity index (χ3v) is 4.14. The fraction of sp³-hybridized carbons (Fsp3) is 0.385. The lowest BCUT2D eigenvalue weighted by Crippen LogP contribution is -2.05. The van der Waals surface area contributed by atoms with Crippen LogP contribution in [0.3, 0.4) is 0 Å². The van der Waals surface area contributed by atoms with Crippen LogP contribution in [0.1, 0.15) is 42.1 Å². The Labute approximate surface area is 109 Å². The molecule has 0 aromatic carbocycles. The summed E-state index contributed by atoms with van der Waals surface area (Å²) in [4.78, 5) is 11.3. The lowest BCUT2D eigenvalue weighted by molar-refractivity contribution is 0.0697. The van der Waals surface area contributed by atoms with Gasteiger partial charge in [-0.2, -0.15) is 16.4 Å². The van der Waals surface area contributed by atoms with Crippen LogP contribution >= 0.6 is 11.3 Å². The second-order valence-electron chi connectivity index (χ2n) is 4.63. The van der Waals surface area contributed by atoms with Crippen molar-refractivity contribution in [3.63, 3.8) is 0 Å². The molecule has 0 spiro atoms. The first-order valence-electron chi connectivity index (χ1n) is 6.10.